The normalized spacial score (nSPS) is 10.5. The maximum absolute atomic E-state index is 12.8. The molecule has 0 spiro atoms. The first-order valence-electron chi connectivity index (χ1n) is 8.40. The molecule has 0 atom stereocenters. The lowest BCUT2D eigenvalue weighted by Gasteiger charge is -2.20. The lowest BCUT2D eigenvalue weighted by molar-refractivity contribution is 0.100. The van der Waals surface area contributed by atoms with Gasteiger partial charge in [0.05, 0.1) is 30.6 Å². The van der Waals surface area contributed by atoms with E-state index in [1.54, 1.807) is 42.5 Å². The van der Waals surface area contributed by atoms with Crippen LogP contribution in [0.25, 0.3) is 10.8 Å². The van der Waals surface area contributed by atoms with Crippen molar-refractivity contribution in [3.8, 4) is 11.5 Å². The van der Waals surface area contributed by atoms with E-state index in [9.17, 15) is 9.59 Å². The molecule has 3 aromatic carbocycles. The number of hydrogen-bond acceptors (Lipinski definition) is 5. The third-order valence-corrected chi connectivity index (χ3v) is 5.00. The van der Waals surface area contributed by atoms with Gasteiger partial charge in [-0.2, -0.15) is 0 Å². The van der Waals surface area contributed by atoms with Gasteiger partial charge >= 0.3 is 6.03 Å². The zero-order valence-electron chi connectivity index (χ0n) is 15.6. The van der Waals surface area contributed by atoms with Crippen LogP contribution in [0.1, 0.15) is 10.4 Å². The van der Waals surface area contributed by atoms with Gasteiger partial charge in [-0.1, -0.05) is 48.7 Å². The molecule has 9 heteroatoms. The van der Waals surface area contributed by atoms with Gasteiger partial charge in [-0.3, -0.25) is 4.79 Å². The van der Waals surface area contributed by atoms with Crippen LogP contribution in [0.15, 0.2) is 48.5 Å². The van der Waals surface area contributed by atoms with Crippen molar-refractivity contribution in [1.29, 1.82) is 0 Å². The minimum absolute atomic E-state index is 0.311. The second-order valence-corrected chi connectivity index (χ2v) is 6.78. The number of primary amides is 1. The number of nitrogens with zero attached hydrogens (tertiary/aromatic N) is 1. The quantitative estimate of drug-likeness (QED) is 0.519. The number of fused-ring (bicyclic) bond motifs is 1. The van der Waals surface area contributed by atoms with Crippen LogP contribution in [0.2, 0.25) is 5.02 Å². The first-order chi connectivity index (χ1) is 13.9. The van der Waals surface area contributed by atoms with Crippen LogP contribution in [-0.2, 0) is 0 Å². The maximum Gasteiger partial charge on any atom is 0.336 e. The number of hydrogen-bond donors (Lipinski definition) is 3. The zero-order valence-corrected chi connectivity index (χ0v) is 17.3. The van der Waals surface area contributed by atoms with Crippen LogP contribution in [0, 0.1) is 0 Å². The Kier molecular flexibility index (Phi) is 6.05. The number of thiol groups is 1. The Morgan fingerprint density at radius 2 is 1.69 bits per heavy atom. The maximum atomic E-state index is 12.8. The summed E-state index contributed by atoms with van der Waals surface area (Å²) in [5, 5.41) is 4.29. The summed E-state index contributed by atoms with van der Waals surface area (Å²) in [5.41, 5.74) is 6.63. The molecule has 0 bridgehead atoms. The highest BCUT2D eigenvalue weighted by atomic mass is 35.5. The van der Waals surface area contributed by atoms with Crippen molar-refractivity contribution in [1.82, 2.24) is 0 Å². The van der Waals surface area contributed by atoms with Gasteiger partial charge in [-0.05, 0) is 23.6 Å². The van der Waals surface area contributed by atoms with Gasteiger partial charge in [-0.15, -0.1) is 0 Å². The Bertz CT molecular complexity index is 1110. The Hall–Kier alpha value is -3.10. The third kappa shape index (κ3) is 4.03. The number of urea groups is 1. The summed E-state index contributed by atoms with van der Waals surface area (Å²) in [6, 6.07) is 12.8. The van der Waals surface area contributed by atoms with Crippen molar-refractivity contribution >= 4 is 58.5 Å². The van der Waals surface area contributed by atoms with Crippen LogP contribution in [-0.4, -0.2) is 26.2 Å². The van der Waals surface area contributed by atoms with Gasteiger partial charge in [0.1, 0.15) is 11.5 Å². The first kappa shape index (κ1) is 20.6. The van der Waals surface area contributed by atoms with Gasteiger partial charge < -0.3 is 20.5 Å². The van der Waals surface area contributed by atoms with Crippen LogP contribution < -0.4 is 24.8 Å². The van der Waals surface area contributed by atoms with Gasteiger partial charge in [-0.25, -0.2) is 9.10 Å². The van der Waals surface area contributed by atoms with Crippen molar-refractivity contribution in [2.24, 2.45) is 5.73 Å². The molecular formula is C20H18ClN3O4S. The van der Waals surface area contributed by atoms with E-state index in [2.05, 4.69) is 18.1 Å². The molecule has 0 saturated carbocycles. The van der Waals surface area contributed by atoms with Crippen molar-refractivity contribution < 1.29 is 19.1 Å². The molecule has 0 aliphatic rings. The van der Waals surface area contributed by atoms with E-state index in [1.165, 1.54) is 20.3 Å². The molecule has 29 heavy (non-hydrogen) atoms. The fraction of sp³-hybridized carbons (Fsp3) is 0.100. The number of anilines is 2. The molecule has 3 aromatic rings. The highest BCUT2D eigenvalue weighted by Crippen LogP contribution is 2.37. The molecule has 7 nitrogen and oxygen atoms in total. The first-order valence-corrected chi connectivity index (χ1v) is 9.18. The summed E-state index contributed by atoms with van der Waals surface area (Å²) < 4.78 is 11.6. The molecule has 3 N–H and O–H groups in total. The summed E-state index contributed by atoms with van der Waals surface area (Å²) >= 11 is 10.5. The van der Waals surface area contributed by atoms with E-state index >= 15 is 0 Å². The highest BCUT2D eigenvalue weighted by molar-refractivity contribution is 7.82. The number of nitrogens with two attached hydrogens (primary N) is 1. The second kappa shape index (κ2) is 8.50. The molecule has 0 unspecified atom stereocenters. The number of methoxy groups -OCH3 is 2. The highest BCUT2D eigenvalue weighted by Gasteiger charge is 2.20. The SMILES string of the molecule is COc1cc(OC)c(NC(=O)N(S)c2ccc(C(N)=O)c3ccccc23)cc1Cl. The predicted molar refractivity (Wildman–Crippen MR) is 118 cm³/mol. The Balaban J connectivity index is 1.97. The van der Waals surface area contributed by atoms with Crippen molar-refractivity contribution in [2.45, 2.75) is 0 Å². The molecule has 0 aliphatic heterocycles. The van der Waals surface area contributed by atoms with Gasteiger partial charge in [0.15, 0.2) is 0 Å². The number of nitrogens with one attached hydrogen (secondary N) is 1. The molecule has 0 fully saturated rings. The zero-order chi connectivity index (χ0) is 21.1. The molecule has 150 valence electrons. The molecule has 0 saturated heterocycles. The average Bonchev–Trinajstić information content (AvgIpc) is 2.72. The van der Waals surface area contributed by atoms with E-state index in [0.29, 0.717) is 44.2 Å². The molecule has 0 heterocycles. The topological polar surface area (TPSA) is 93.9 Å². The summed E-state index contributed by atoms with van der Waals surface area (Å²) in [6.07, 6.45) is 0. The Morgan fingerprint density at radius 3 is 2.31 bits per heavy atom. The molecule has 0 radical (unpaired) electrons. The number of rotatable bonds is 5. The van der Waals surface area contributed by atoms with E-state index < -0.39 is 11.9 Å². The van der Waals surface area contributed by atoms with Crippen molar-refractivity contribution in [2.75, 3.05) is 23.8 Å². The summed E-state index contributed by atoms with van der Waals surface area (Å²) in [5.74, 6) is 0.230. The molecule has 3 amide bonds. The largest absolute Gasteiger partial charge is 0.495 e. The standard InChI is InChI=1S/C20H18ClN3O4S/c1-27-17-10-18(28-2)15(9-14(17)21)23-20(26)24(29)16-8-7-13(19(22)25)11-5-3-4-6-12(11)16/h3-10,29H,1-2H3,(H2,22,25)(H,23,26). The van der Waals surface area contributed by atoms with Crippen LogP contribution in [0.4, 0.5) is 16.2 Å². The number of amides is 3. The van der Waals surface area contributed by atoms with Gasteiger partial charge in [0.25, 0.3) is 0 Å². The van der Waals surface area contributed by atoms with E-state index in [1.807, 2.05) is 0 Å². The Labute approximate surface area is 177 Å². The van der Waals surface area contributed by atoms with E-state index in [-0.39, 0.29) is 0 Å². The smallest absolute Gasteiger partial charge is 0.336 e. The van der Waals surface area contributed by atoms with Crippen LogP contribution in [0.5, 0.6) is 11.5 Å². The monoisotopic (exact) mass is 431 g/mol. The molecule has 0 aromatic heterocycles. The molecule has 0 aliphatic carbocycles. The average molecular weight is 432 g/mol. The second-order valence-electron chi connectivity index (χ2n) is 5.97. The number of carbonyl (C=O) groups excluding carboxylic acids is 2. The van der Waals surface area contributed by atoms with E-state index in [4.69, 9.17) is 26.8 Å². The van der Waals surface area contributed by atoms with Gasteiger partial charge in [0, 0.05) is 17.0 Å². The molecular weight excluding hydrogens is 414 g/mol. The number of halogens is 1. The minimum atomic E-state index is -0.555. The predicted octanol–water partition coefficient (Wildman–Crippen LogP) is 4.49. The summed E-state index contributed by atoms with van der Waals surface area (Å²) in [4.78, 5) is 24.5. The summed E-state index contributed by atoms with van der Waals surface area (Å²) in [7, 11) is 2.95. The lowest BCUT2D eigenvalue weighted by Crippen LogP contribution is -2.27. The minimum Gasteiger partial charge on any atom is -0.495 e. The summed E-state index contributed by atoms with van der Waals surface area (Å²) in [6.45, 7) is 0. The fourth-order valence-corrected chi connectivity index (χ4v) is 3.38. The number of carbonyl (C=O) groups is 2. The van der Waals surface area contributed by atoms with E-state index in [0.717, 1.165) is 4.31 Å². The third-order valence-electron chi connectivity index (χ3n) is 4.30. The van der Waals surface area contributed by atoms with Crippen molar-refractivity contribution in [3.63, 3.8) is 0 Å². The Morgan fingerprint density at radius 1 is 1.03 bits per heavy atom. The van der Waals surface area contributed by atoms with Gasteiger partial charge in [0.2, 0.25) is 5.91 Å². The molecule has 3 rings (SSSR count). The van der Waals surface area contributed by atoms with Crippen LogP contribution >= 0.6 is 24.4 Å². The fourth-order valence-electron chi connectivity index (χ4n) is 2.92. The lowest BCUT2D eigenvalue weighted by atomic mass is 10.0. The number of ether oxygens (including phenoxy) is 2. The number of benzene rings is 3. The van der Waals surface area contributed by atoms with Crippen molar-refractivity contribution in [3.05, 3.63) is 59.1 Å². The van der Waals surface area contributed by atoms with Crippen LogP contribution in [0.3, 0.4) is 0 Å².